The summed E-state index contributed by atoms with van der Waals surface area (Å²) in [5.41, 5.74) is 1.98. The Kier molecular flexibility index (Phi) is 3.27. The van der Waals surface area contributed by atoms with Crippen LogP contribution in [-0.4, -0.2) is 18.8 Å². The number of aliphatic hydroxyl groups is 1. The highest BCUT2D eigenvalue weighted by Gasteiger charge is 2.14. The number of benzene rings is 1. The van der Waals surface area contributed by atoms with E-state index in [-0.39, 0.29) is 12.6 Å². The lowest BCUT2D eigenvalue weighted by Gasteiger charge is -2.20. The zero-order valence-corrected chi connectivity index (χ0v) is 9.18. The lowest BCUT2D eigenvalue weighted by Crippen LogP contribution is -2.18. The number of dihydropyridines is 1. The molecule has 1 aromatic carbocycles. The van der Waals surface area contributed by atoms with Crippen LogP contribution in [0, 0.1) is 0 Å². The minimum Gasteiger partial charge on any atom is -0.496 e. The van der Waals surface area contributed by atoms with Crippen LogP contribution in [0.1, 0.15) is 11.6 Å². The molecule has 0 aromatic heterocycles. The number of ether oxygens (including phenoxy) is 1. The van der Waals surface area contributed by atoms with Crippen LogP contribution in [0.4, 0.5) is 0 Å². The summed E-state index contributed by atoms with van der Waals surface area (Å²) in [6.45, 7) is 0.0594. The zero-order chi connectivity index (χ0) is 11.4. The maximum absolute atomic E-state index is 9.10. The lowest BCUT2D eigenvalue weighted by atomic mass is 10.0. The van der Waals surface area contributed by atoms with Crippen LogP contribution >= 0.6 is 0 Å². The minimum atomic E-state index is 0.0586. The maximum atomic E-state index is 9.10. The molecule has 1 aliphatic heterocycles. The summed E-state index contributed by atoms with van der Waals surface area (Å²) in [5, 5.41) is 12.3. The second-order valence-corrected chi connectivity index (χ2v) is 3.62. The molecule has 1 heterocycles. The molecule has 1 aliphatic rings. The molecule has 0 radical (unpaired) electrons. The Labute approximate surface area is 95.1 Å². The average Bonchev–Trinajstić information content (AvgIpc) is 2.38. The van der Waals surface area contributed by atoms with Crippen molar-refractivity contribution in [1.82, 2.24) is 5.32 Å². The number of rotatable bonds is 3. The van der Waals surface area contributed by atoms with Gasteiger partial charge in [-0.1, -0.05) is 24.3 Å². The van der Waals surface area contributed by atoms with Crippen LogP contribution in [0.3, 0.4) is 0 Å². The van der Waals surface area contributed by atoms with Crippen LogP contribution in [0.5, 0.6) is 5.75 Å². The second kappa shape index (κ2) is 4.86. The first-order chi connectivity index (χ1) is 7.85. The lowest BCUT2D eigenvalue weighted by molar-refractivity contribution is 0.333. The highest BCUT2D eigenvalue weighted by molar-refractivity contribution is 5.41. The topological polar surface area (TPSA) is 41.5 Å². The fourth-order valence-electron chi connectivity index (χ4n) is 1.78. The Morgan fingerprint density at radius 3 is 2.94 bits per heavy atom. The Morgan fingerprint density at radius 1 is 1.38 bits per heavy atom. The first-order valence-electron chi connectivity index (χ1n) is 5.22. The summed E-state index contributed by atoms with van der Waals surface area (Å²) < 4.78 is 5.31. The van der Waals surface area contributed by atoms with Gasteiger partial charge >= 0.3 is 0 Å². The van der Waals surface area contributed by atoms with Gasteiger partial charge in [0.2, 0.25) is 0 Å². The van der Waals surface area contributed by atoms with Crippen LogP contribution in [0.15, 0.2) is 48.2 Å². The van der Waals surface area contributed by atoms with Gasteiger partial charge in [-0.3, -0.25) is 0 Å². The normalized spacial score (nSPS) is 18.9. The molecule has 0 aliphatic carbocycles. The molecule has 0 saturated heterocycles. The third-order valence-electron chi connectivity index (χ3n) is 2.61. The molecule has 0 bridgehead atoms. The molecule has 0 spiro atoms. The van der Waals surface area contributed by atoms with Gasteiger partial charge in [0.1, 0.15) is 5.75 Å². The van der Waals surface area contributed by atoms with E-state index in [1.165, 1.54) is 0 Å². The van der Waals surface area contributed by atoms with Crippen molar-refractivity contribution in [2.45, 2.75) is 6.04 Å². The van der Waals surface area contributed by atoms with Gasteiger partial charge in [0, 0.05) is 5.56 Å². The molecule has 16 heavy (non-hydrogen) atoms. The standard InChI is InChI=1S/C13H15NO2/c1-16-13-5-3-2-4-11(13)12-8-10(9-15)6-7-14-12/h2-8,12,14-15H,9H2,1H3. The second-order valence-electron chi connectivity index (χ2n) is 3.62. The summed E-state index contributed by atoms with van der Waals surface area (Å²) in [7, 11) is 1.66. The molecule has 1 unspecified atom stereocenters. The van der Waals surface area contributed by atoms with E-state index in [1.807, 2.05) is 42.6 Å². The van der Waals surface area contributed by atoms with Crippen LogP contribution < -0.4 is 10.1 Å². The van der Waals surface area contributed by atoms with Gasteiger partial charge in [-0.15, -0.1) is 0 Å². The largest absolute Gasteiger partial charge is 0.496 e. The van der Waals surface area contributed by atoms with Crippen LogP contribution in [0.2, 0.25) is 0 Å². The number of nitrogens with one attached hydrogen (secondary N) is 1. The molecule has 1 aromatic rings. The van der Waals surface area contributed by atoms with Gasteiger partial charge < -0.3 is 15.2 Å². The molecule has 0 amide bonds. The Bertz CT molecular complexity index is 424. The van der Waals surface area contributed by atoms with Crippen molar-refractivity contribution in [3.05, 3.63) is 53.8 Å². The van der Waals surface area contributed by atoms with Gasteiger partial charge in [0.15, 0.2) is 0 Å². The zero-order valence-electron chi connectivity index (χ0n) is 9.18. The molecule has 0 fully saturated rings. The molecule has 1 atom stereocenters. The van der Waals surface area contributed by atoms with Crippen LogP contribution in [0.25, 0.3) is 0 Å². The van der Waals surface area contributed by atoms with E-state index in [9.17, 15) is 0 Å². The Morgan fingerprint density at radius 2 is 2.19 bits per heavy atom. The predicted octanol–water partition coefficient (Wildman–Crippen LogP) is 1.77. The highest BCUT2D eigenvalue weighted by Crippen LogP contribution is 2.27. The molecular weight excluding hydrogens is 202 g/mol. The quantitative estimate of drug-likeness (QED) is 0.810. The summed E-state index contributed by atoms with van der Waals surface area (Å²) in [6, 6.07) is 7.92. The molecule has 2 N–H and O–H groups in total. The van der Waals surface area contributed by atoms with E-state index in [0.29, 0.717) is 0 Å². The Balaban J connectivity index is 2.31. The van der Waals surface area contributed by atoms with E-state index >= 15 is 0 Å². The van der Waals surface area contributed by atoms with Crippen molar-refractivity contribution in [1.29, 1.82) is 0 Å². The van der Waals surface area contributed by atoms with E-state index in [4.69, 9.17) is 9.84 Å². The highest BCUT2D eigenvalue weighted by atomic mass is 16.5. The number of para-hydroxylation sites is 1. The van der Waals surface area contributed by atoms with Crippen molar-refractivity contribution in [3.63, 3.8) is 0 Å². The van der Waals surface area contributed by atoms with Gasteiger partial charge in [-0.2, -0.15) is 0 Å². The number of hydrogen-bond acceptors (Lipinski definition) is 3. The number of aliphatic hydroxyl groups excluding tert-OH is 1. The first-order valence-corrected chi connectivity index (χ1v) is 5.22. The van der Waals surface area contributed by atoms with E-state index in [1.54, 1.807) is 7.11 Å². The van der Waals surface area contributed by atoms with Crippen LogP contribution in [-0.2, 0) is 0 Å². The van der Waals surface area contributed by atoms with Crippen molar-refractivity contribution in [3.8, 4) is 5.75 Å². The molecule has 0 saturated carbocycles. The molecule has 84 valence electrons. The fraction of sp³-hybridized carbons (Fsp3) is 0.231. The molecule has 3 heteroatoms. The predicted molar refractivity (Wildman–Crippen MR) is 63.2 cm³/mol. The smallest absolute Gasteiger partial charge is 0.124 e. The van der Waals surface area contributed by atoms with Crippen molar-refractivity contribution >= 4 is 0 Å². The third-order valence-corrected chi connectivity index (χ3v) is 2.61. The Hall–Kier alpha value is -1.74. The molecule has 3 nitrogen and oxygen atoms in total. The van der Waals surface area contributed by atoms with Gasteiger partial charge in [-0.05, 0) is 23.9 Å². The van der Waals surface area contributed by atoms with Gasteiger partial charge in [0.25, 0.3) is 0 Å². The van der Waals surface area contributed by atoms with E-state index in [0.717, 1.165) is 16.9 Å². The first kappa shape index (κ1) is 10.8. The summed E-state index contributed by atoms with van der Waals surface area (Å²) in [5.74, 6) is 0.851. The summed E-state index contributed by atoms with van der Waals surface area (Å²) >= 11 is 0. The monoisotopic (exact) mass is 217 g/mol. The number of hydrogen-bond donors (Lipinski definition) is 2. The molecular formula is C13H15NO2. The van der Waals surface area contributed by atoms with Crippen molar-refractivity contribution < 1.29 is 9.84 Å². The van der Waals surface area contributed by atoms with Crippen molar-refractivity contribution in [2.24, 2.45) is 0 Å². The fourth-order valence-corrected chi connectivity index (χ4v) is 1.78. The summed E-state index contributed by atoms with van der Waals surface area (Å²) in [6.07, 6.45) is 5.71. The van der Waals surface area contributed by atoms with E-state index < -0.39 is 0 Å². The minimum absolute atomic E-state index is 0.0586. The SMILES string of the molecule is COc1ccccc1C1C=C(CO)C=CN1. The number of methoxy groups -OCH3 is 1. The summed E-state index contributed by atoms with van der Waals surface area (Å²) in [4.78, 5) is 0. The van der Waals surface area contributed by atoms with E-state index in [2.05, 4.69) is 5.32 Å². The van der Waals surface area contributed by atoms with Gasteiger partial charge in [0.05, 0.1) is 19.8 Å². The third kappa shape index (κ3) is 2.09. The maximum Gasteiger partial charge on any atom is 0.124 e. The average molecular weight is 217 g/mol. The van der Waals surface area contributed by atoms with Gasteiger partial charge in [-0.25, -0.2) is 0 Å². The molecule has 2 rings (SSSR count). The van der Waals surface area contributed by atoms with Crippen molar-refractivity contribution in [2.75, 3.05) is 13.7 Å².